The minimum atomic E-state index is -3.77. The summed E-state index contributed by atoms with van der Waals surface area (Å²) in [6, 6.07) is 1.27. The Morgan fingerprint density at radius 1 is 1.43 bits per heavy atom. The molecule has 0 aliphatic carbocycles. The highest BCUT2D eigenvalue weighted by Crippen LogP contribution is 2.13. The first-order valence-corrected chi connectivity index (χ1v) is 7.78. The number of aryl methyl sites for hydroxylation is 1. The normalized spacial score (nSPS) is 12.9. The van der Waals surface area contributed by atoms with Gasteiger partial charge in [0.25, 0.3) is 5.91 Å². The van der Waals surface area contributed by atoms with Crippen LogP contribution < -0.4 is 10.0 Å². The second-order valence-corrected chi connectivity index (χ2v) is 6.44. The lowest BCUT2D eigenvalue weighted by atomic mass is 10.1. The molecule has 8 nitrogen and oxygen atoms in total. The maximum Gasteiger partial charge on any atom is 0.306 e. The van der Waals surface area contributed by atoms with Gasteiger partial charge in [-0.05, 0) is 12.5 Å². The van der Waals surface area contributed by atoms with E-state index in [1.807, 2.05) is 0 Å². The molecule has 1 atom stereocenters. The van der Waals surface area contributed by atoms with Gasteiger partial charge in [-0.3, -0.25) is 9.59 Å². The Kier molecular flexibility index (Phi) is 5.50. The van der Waals surface area contributed by atoms with Crippen molar-refractivity contribution in [3.8, 4) is 0 Å². The fourth-order valence-corrected chi connectivity index (χ4v) is 2.77. The molecule has 1 aromatic heterocycles. The summed E-state index contributed by atoms with van der Waals surface area (Å²) in [4.78, 5) is 22.2. The first kappa shape index (κ1) is 17.2. The van der Waals surface area contributed by atoms with Gasteiger partial charge in [0.05, 0.1) is 5.92 Å². The van der Waals surface area contributed by atoms with Crippen molar-refractivity contribution in [1.82, 2.24) is 14.6 Å². The van der Waals surface area contributed by atoms with Gasteiger partial charge < -0.3 is 15.0 Å². The first-order valence-electron chi connectivity index (χ1n) is 6.30. The predicted molar refractivity (Wildman–Crippen MR) is 75.4 cm³/mol. The van der Waals surface area contributed by atoms with Crippen molar-refractivity contribution in [2.45, 2.75) is 18.2 Å². The number of rotatable bonds is 7. The van der Waals surface area contributed by atoms with Crippen LogP contribution in [-0.4, -0.2) is 43.6 Å². The molecule has 0 aliphatic rings. The van der Waals surface area contributed by atoms with Crippen LogP contribution in [0.15, 0.2) is 17.2 Å². The predicted octanol–water partition coefficient (Wildman–Crippen LogP) is -0.226. The third-order valence-electron chi connectivity index (χ3n) is 3.04. The largest absolute Gasteiger partial charge is 0.481 e. The van der Waals surface area contributed by atoms with Crippen LogP contribution in [0.4, 0.5) is 0 Å². The van der Waals surface area contributed by atoms with Gasteiger partial charge in [0, 0.05) is 26.8 Å². The van der Waals surface area contributed by atoms with Gasteiger partial charge in [0.1, 0.15) is 10.6 Å². The number of aliphatic carboxylic acids is 1. The zero-order valence-corrected chi connectivity index (χ0v) is 12.9. The number of hydrogen-bond donors (Lipinski definition) is 3. The highest BCUT2D eigenvalue weighted by Gasteiger charge is 2.20. The summed E-state index contributed by atoms with van der Waals surface area (Å²) in [5, 5.41) is 11.1. The lowest BCUT2D eigenvalue weighted by Crippen LogP contribution is -2.27. The Hall–Kier alpha value is -1.87. The van der Waals surface area contributed by atoms with Crippen LogP contribution in [0.5, 0.6) is 0 Å². The standard InChI is InChI=1S/C12H19N3O5S/c1-8(12(17)18)4-5-14-21(19,20)9-6-10(11(16)13-2)15(3)7-9/h6-8,14H,4-5H2,1-3H3,(H,13,16)(H,17,18). The molecule has 3 N–H and O–H groups in total. The number of carboxylic acids is 1. The highest BCUT2D eigenvalue weighted by atomic mass is 32.2. The molecule has 1 aromatic rings. The molecule has 0 saturated heterocycles. The maximum absolute atomic E-state index is 12.1. The van der Waals surface area contributed by atoms with Gasteiger partial charge >= 0.3 is 5.97 Å². The van der Waals surface area contributed by atoms with Gasteiger partial charge in [0.2, 0.25) is 10.0 Å². The van der Waals surface area contributed by atoms with Crippen LogP contribution in [0.2, 0.25) is 0 Å². The minimum Gasteiger partial charge on any atom is -0.481 e. The van der Waals surface area contributed by atoms with E-state index in [0.717, 1.165) is 0 Å². The lowest BCUT2D eigenvalue weighted by Gasteiger charge is -2.07. The number of hydrogen-bond acceptors (Lipinski definition) is 4. The number of carboxylic acid groups (broad SMARTS) is 1. The number of aromatic nitrogens is 1. The Morgan fingerprint density at radius 3 is 2.57 bits per heavy atom. The van der Waals surface area contributed by atoms with Crippen LogP contribution in [0, 0.1) is 5.92 Å². The van der Waals surface area contributed by atoms with Crippen molar-refractivity contribution < 1.29 is 23.1 Å². The van der Waals surface area contributed by atoms with E-state index in [9.17, 15) is 18.0 Å². The quantitative estimate of drug-likeness (QED) is 0.642. The van der Waals surface area contributed by atoms with Crippen molar-refractivity contribution in [2.24, 2.45) is 13.0 Å². The average Bonchev–Trinajstić information content (AvgIpc) is 2.80. The number of nitrogens with one attached hydrogen (secondary N) is 2. The molecule has 0 fully saturated rings. The van der Waals surface area contributed by atoms with Crippen LogP contribution in [0.1, 0.15) is 23.8 Å². The highest BCUT2D eigenvalue weighted by molar-refractivity contribution is 7.89. The van der Waals surface area contributed by atoms with E-state index in [2.05, 4.69) is 10.0 Å². The molecular formula is C12H19N3O5S. The van der Waals surface area contributed by atoms with Gasteiger partial charge in [-0.2, -0.15) is 0 Å². The van der Waals surface area contributed by atoms with E-state index in [0.29, 0.717) is 0 Å². The molecule has 0 bridgehead atoms. The molecule has 0 spiro atoms. The topological polar surface area (TPSA) is 118 Å². The number of carbonyl (C=O) groups is 2. The maximum atomic E-state index is 12.1. The van der Waals surface area contributed by atoms with Crippen LogP contribution in [0.3, 0.4) is 0 Å². The van der Waals surface area contributed by atoms with Crippen molar-refractivity contribution in [3.05, 3.63) is 18.0 Å². The number of nitrogens with zero attached hydrogens (tertiary/aromatic N) is 1. The number of amides is 1. The summed E-state index contributed by atoms with van der Waals surface area (Å²) < 4.78 is 27.8. The van der Waals surface area contributed by atoms with Gasteiger partial charge in [-0.15, -0.1) is 0 Å². The number of carbonyl (C=O) groups excluding carboxylic acids is 1. The Balaban J connectivity index is 2.80. The second-order valence-electron chi connectivity index (χ2n) is 4.68. The van der Waals surface area contributed by atoms with E-state index < -0.39 is 27.8 Å². The van der Waals surface area contributed by atoms with Gasteiger partial charge in [-0.25, -0.2) is 13.1 Å². The summed E-state index contributed by atoms with van der Waals surface area (Å²) in [6.07, 6.45) is 1.51. The Morgan fingerprint density at radius 2 is 2.05 bits per heavy atom. The zero-order chi connectivity index (χ0) is 16.2. The molecule has 1 unspecified atom stereocenters. The molecule has 1 amide bonds. The van der Waals surface area contributed by atoms with Crippen LogP contribution in [-0.2, 0) is 21.9 Å². The molecule has 1 rings (SSSR count). The second kappa shape index (κ2) is 6.72. The van der Waals surface area contributed by atoms with Crippen LogP contribution >= 0.6 is 0 Å². The van der Waals surface area contributed by atoms with E-state index >= 15 is 0 Å². The zero-order valence-electron chi connectivity index (χ0n) is 12.1. The van der Waals surface area contributed by atoms with Gasteiger partial charge in [-0.1, -0.05) is 6.92 Å². The summed E-state index contributed by atoms with van der Waals surface area (Å²) in [5.41, 5.74) is 0.219. The van der Waals surface area contributed by atoms with Crippen molar-refractivity contribution in [2.75, 3.05) is 13.6 Å². The van der Waals surface area contributed by atoms with E-state index in [4.69, 9.17) is 5.11 Å². The molecule has 0 aliphatic heterocycles. The van der Waals surface area contributed by atoms with Crippen LogP contribution in [0.25, 0.3) is 0 Å². The SMILES string of the molecule is CNC(=O)c1cc(S(=O)(=O)NCCC(C)C(=O)O)cn1C. The molecule has 0 radical (unpaired) electrons. The summed E-state index contributed by atoms with van der Waals surface area (Å²) in [5.74, 6) is -2.00. The number of sulfonamides is 1. The smallest absolute Gasteiger partial charge is 0.306 e. The van der Waals surface area contributed by atoms with Crippen molar-refractivity contribution in [1.29, 1.82) is 0 Å². The van der Waals surface area contributed by atoms with E-state index in [1.54, 1.807) is 7.05 Å². The summed E-state index contributed by atoms with van der Waals surface area (Å²) >= 11 is 0. The lowest BCUT2D eigenvalue weighted by molar-refractivity contribution is -0.141. The molecule has 0 saturated carbocycles. The molecule has 118 valence electrons. The molecule has 21 heavy (non-hydrogen) atoms. The molecular weight excluding hydrogens is 298 g/mol. The molecule has 9 heteroatoms. The Labute approximate surface area is 123 Å². The van der Waals surface area contributed by atoms with Gasteiger partial charge in [0.15, 0.2) is 0 Å². The van der Waals surface area contributed by atoms with E-state index in [1.165, 1.54) is 30.8 Å². The average molecular weight is 317 g/mol. The Bertz CT molecular complexity index is 635. The summed E-state index contributed by atoms with van der Waals surface area (Å²) in [7, 11) is -0.750. The minimum absolute atomic E-state index is 0.0139. The third kappa shape index (κ3) is 4.30. The van der Waals surface area contributed by atoms with Crippen molar-refractivity contribution in [3.63, 3.8) is 0 Å². The van der Waals surface area contributed by atoms with Crippen molar-refractivity contribution >= 4 is 21.9 Å². The monoisotopic (exact) mass is 317 g/mol. The molecule has 0 aromatic carbocycles. The summed E-state index contributed by atoms with van der Waals surface area (Å²) in [6.45, 7) is 1.52. The fourth-order valence-electron chi connectivity index (χ4n) is 1.65. The third-order valence-corrected chi connectivity index (χ3v) is 4.47. The van der Waals surface area contributed by atoms with E-state index in [-0.39, 0.29) is 23.6 Å². The fraction of sp³-hybridized carbons (Fsp3) is 0.500. The molecule has 1 heterocycles. The first-order chi connectivity index (χ1) is 9.69.